The average Bonchev–Trinajstić information content (AvgIpc) is 2.86. The van der Waals surface area contributed by atoms with Crippen LogP contribution in [0.2, 0.25) is 10.0 Å². The number of ether oxygens (including phenoxy) is 1. The molecule has 9 heteroatoms. The van der Waals surface area contributed by atoms with Gasteiger partial charge >= 0.3 is 0 Å². The van der Waals surface area contributed by atoms with Gasteiger partial charge in [0, 0.05) is 22.0 Å². The Labute approximate surface area is 228 Å². The third-order valence-corrected chi connectivity index (χ3v) is 9.08. The summed E-state index contributed by atoms with van der Waals surface area (Å²) in [6.07, 6.45) is 2.13. The van der Waals surface area contributed by atoms with Crippen molar-refractivity contribution in [3.05, 3.63) is 87.9 Å². The van der Waals surface area contributed by atoms with Gasteiger partial charge in [-0.2, -0.15) is 0 Å². The van der Waals surface area contributed by atoms with Gasteiger partial charge < -0.3 is 10.1 Å². The van der Waals surface area contributed by atoms with Crippen molar-refractivity contribution >= 4 is 44.8 Å². The summed E-state index contributed by atoms with van der Waals surface area (Å²) in [6.45, 7) is 5.55. The van der Waals surface area contributed by atoms with Crippen LogP contribution in [0, 0.1) is 6.92 Å². The lowest BCUT2D eigenvalue weighted by Gasteiger charge is -2.41. The predicted molar refractivity (Wildman–Crippen MR) is 148 cm³/mol. The highest BCUT2D eigenvalue weighted by Crippen LogP contribution is 2.42. The molecular weight excluding hydrogens is 531 g/mol. The van der Waals surface area contributed by atoms with Gasteiger partial charge in [-0.25, -0.2) is 8.42 Å². The molecule has 0 radical (unpaired) electrons. The predicted octanol–water partition coefficient (Wildman–Crippen LogP) is 6.70. The van der Waals surface area contributed by atoms with Crippen LogP contribution in [0.1, 0.15) is 50.3 Å². The highest BCUT2D eigenvalue weighted by atomic mass is 35.5. The molecule has 3 aromatic carbocycles. The van der Waals surface area contributed by atoms with E-state index in [2.05, 4.69) is 19.2 Å². The Morgan fingerprint density at radius 1 is 1.03 bits per heavy atom. The lowest BCUT2D eigenvalue weighted by atomic mass is 9.83. The Balaban J connectivity index is 1.68. The van der Waals surface area contributed by atoms with Crippen molar-refractivity contribution in [1.29, 1.82) is 0 Å². The van der Waals surface area contributed by atoms with E-state index in [1.165, 1.54) is 30.3 Å². The largest absolute Gasteiger partial charge is 0.487 e. The number of carbonyl (C=O) groups excluding carboxylic acids is 1. The van der Waals surface area contributed by atoms with E-state index in [0.29, 0.717) is 6.42 Å². The molecule has 1 unspecified atom stereocenters. The minimum Gasteiger partial charge on any atom is -0.487 e. The number of sulfonamides is 1. The number of hydrogen-bond donors (Lipinski definition) is 1. The zero-order valence-corrected chi connectivity index (χ0v) is 23.3. The molecule has 0 bridgehead atoms. The molecule has 6 nitrogen and oxygen atoms in total. The minimum atomic E-state index is -4.10. The van der Waals surface area contributed by atoms with Gasteiger partial charge in [-0.05, 0) is 56.2 Å². The molecular formula is C28H30Cl2N2O4S. The number of aryl methyl sites for hydroxylation is 1. The number of anilines is 1. The number of carbonyl (C=O) groups is 1. The van der Waals surface area contributed by atoms with Gasteiger partial charge in [0.05, 0.1) is 16.6 Å². The molecule has 1 N–H and O–H groups in total. The molecule has 3 aromatic rings. The second-order valence-corrected chi connectivity index (χ2v) is 12.0. The summed E-state index contributed by atoms with van der Waals surface area (Å²) >= 11 is 12.4. The van der Waals surface area contributed by atoms with E-state index < -0.39 is 28.1 Å². The van der Waals surface area contributed by atoms with Crippen LogP contribution in [0.4, 0.5) is 5.69 Å². The Hall–Kier alpha value is -2.74. The summed E-state index contributed by atoms with van der Waals surface area (Å²) < 4.78 is 34.8. The first-order chi connectivity index (χ1) is 17.6. The fourth-order valence-corrected chi connectivity index (χ4v) is 6.56. The van der Waals surface area contributed by atoms with E-state index in [-0.39, 0.29) is 26.7 Å². The fourth-order valence-electron chi connectivity index (χ4n) is 4.64. The molecule has 0 spiro atoms. The number of nitrogens with one attached hydrogen (secondary N) is 1. The van der Waals surface area contributed by atoms with E-state index in [1.807, 2.05) is 31.2 Å². The van der Waals surface area contributed by atoms with Gasteiger partial charge in [-0.15, -0.1) is 0 Å². The topological polar surface area (TPSA) is 75.7 Å². The van der Waals surface area contributed by atoms with Crippen molar-refractivity contribution in [2.75, 3.05) is 10.8 Å². The molecule has 1 atom stereocenters. The van der Waals surface area contributed by atoms with E-state index in [0.717, 1.165) is 34.0 Å². The highest BCUT2D eigenvalue weighted by Gasteiger charge is 2.39. The van der Waals surface area contributed by atoms with E-state index in [1.54, 1.807) is 12.1 Å². The van der Waals surface area contributed by atoms with Gasteiger partial charge in [0.15, 0.2) is 0 Å². The van der Waals surface area contributed by atoms with Crippen LogP contribution >= 0.6 is 23.2 Å². The van der Waals surface area contributed by atoms with Crippen LogP contribution in [0.25, 0.3) is 0 Å². The molecule has 1 aliphatic heterocycles. The molecule has 0 aromatic heterocycles. The van der Waals surface area contributed by atoms with Crippen LogP contribution in [0.5, 0.6) is 5.75 Å². The van der Waals surface area contributed by atoms with Crippen molar-refractivity contribution < 1.29 is 17.9 Å². The minimum absolute atomic E-state index is 0.0643. The van der Waals surface area contributed by atoms with Gasteiger partial charge in [0.2, 0.25) is 5.91 Å². The normalized spacial score (nSPS) is 16.4. The summed E-state index contributed by atoms with van der Waals surface area (Å²) in [5.41, 5.74) is 1.58. The zero-order chi connectivity index (χ0) is 26.8. The quantitative estimate of drug-likeness (QED) is 0.332. The lowest BCUT2D eigenvalue weighted by molar-refractivity contribution is -0.121. The van der Waals surface area contributed by atoms with Gasteiger partial charge in [0.25, 0.3) is 10.0 Å². The SMILES string of the molecule is CCC1(CC)CC(NC(=O)CN(c2cc(Cl)cc(Cl)c2)S(=O)(=O)c2ccc(C)cc2)c2ccccc2O1. The van der Waals surface area contributed by atoms with Crippen molar-refractivity contribution in [2.24, 2.45) is 0 Å². The Bertz CT molecular complexity index is 1370. The van der Waals surface area contributed by atoms with Crippen molar-refractivity contribution in [2.45, 2.75) is 56.6 Å². The first-order valence-electron chi connectivity index (χ1n) is 12.2. The molecule has 0 fully saturated rings. The van der Waals surface area contributed by atoms with Gasteiger partial charge in [-0.1, -0.05) is 72.9 Å². The van der Waals surface area contributed by atoms with E-state index in [9.17, 15) is 13.2 Å². The summed E-state index contributed by atoms with van der Waals surface area (Å²) in [7, 11) is -4.10. The molecule has 4 rings (SSSR count). The average molecular weight is 562 g/mol. The summed E-state index contributed by atoms with van der Waals surface area (Å²) in [5, 5.41) is 3.60. The smallest absolute Gasteiger partial charge is 0.264 e. The number of halogens is 2. The monoisotopic (exact) mass is 560 g/mol. The molecule has 37 heavy (non-hydrogen) atoms. The lowest BCUT2D eigenvalue weighted by Crippen LogP contribution is -2.47. The molecule has 1 amide bonds. The van der Waals surface area contributed by atoms with Crippen LogP contribution in [0.15, 0.2) is 71.6 Å². The Kier molecular flexibility index (Phi) is 8.07. The third kappa shape index (κ3) is 5.89. The maximum absolute atomic E-state index is 13.7. The first-order valence-corrected chi connectivity index (χ1v) is 14.4. The molecule has 0 saturated carbocycles. The fraction of sp³-hybridized carbons (Fsp3) is 0.321. The first kappa shape index (κ1) is 27.3. The second-order valence-electron chi connectivity index (χ2n) is 9.31. The number of amides is 1. The maximum atomic E-state index is 13.7. The summed E-state index contributed by atoms with van der Waals surface area (Å²) in [5.74, 6) is 0.281. The van der Waals surface area contributed by atoms with Crippen molar-refractivity contribution in [3.63, 3.8) is 0 Å². The Morgan fingerprint density at radius 2 is 1.65 bits per heavy atom. The molecule has 196 valence electrons. The van der Waals surface area contributed by atoms with Crippen LogP contribution < -0.4 is 14.4 Å². The van der Waals surface area contributed by atoms with Gasteiger partial charge in [-0.3, -0.25) is 9.10 Å². The van der Waals surface area contributed by atoms with Crippen molar-refractivity contribution in [3.8, 4) is 5.75 Å². The summed E-state index contributed by atoms with van der Waals surface area (Å²) in [6, 6.07) is 18.2. The molecule has 1 aliphatic rings. The zero-order valence-electron chi connectivity index (χ0n) is 21.0. The van der Waals surface area contributed by atoms with Crippen LogP contribution in [-0.4, -0.2) is 26.5 Å². The third-order valence-electron chi connectivity index (χ3n) is 6.85. The molecule has 1 heterocycles. The number of benzene rings is 3. The number of para-hydroxylation sites is 1. The number of nitrogens with zero attached hydrogens (tertiary/aromatic N) is 1. The molecule has 0 aliphatic carbocycles. The Morgan fingerprint density at radius 3 is 2.27 bits per heavy atom. The summed E-state index contributed by atoms with van der Waals surface area (Å²) in [4.78, 5) is 13.5. The van der Waals surface area contributed by atoms with E-state index >= 15 is 0 Å². The van der Waals surface area contributed by atoms with E-state index in [4.69, 9.17) is 27.9 Å². The van der Waals surface area contributed by atoms with Crippen molar-refractivity contribution in [1.82, 2.24) is 5.32 Å². The molecule has 0 saturated heterocycles. The standard InChI is InChI=1S/C28H30Cl2N2O4S/c1-4-28(5-2)17-25(24-8-6-7-9-26(24)36-28)31-27(33)18-32(22-15-20(29)14-21(30)16-22)37(34,35)23-12-10-19(3)11-13-23/h6-16,25H,4-5,17-18H2,1-3H3,(H,31,33). The number of rotatable bonds is 8. The number of fused-ring (bicyclic) bond motifs is 1. The number of hydrogen-bond acceptors (Lipinski definition) is 4. The van der Waals surface area contributed by atoms with Crippen LogP contribution in [-0.2, 0) is 14.8 Å². The highest BCUT2D eigenvalue weighted by molar-refractivity contribution is 7.92. The maximum Gasteiger partial charge on any atom is 0.264 e. The van der Waals surface area contributed by atoms with Crippen LogP contribution in [0.3, 0.4) is 0 Å². The van der Waals surface area contributed by atoms with Gasteiger partial charge in [0.1, 0.15) is 17.9 Å². The second kappa shape index (κ2) is 10.9.